The maximum atomic E-state index is 14.3. The van der Waals surface area contributed by atoms with Gasteiger partial charge in [0.25, 0.3) is 0 Å². The number of aryl methyl sites for hydroxylation is 4. The molecule has 0 aliphatic heterocycles. The molecular weight excluding hydrogens is 1060 g/mol. The summed E-state index contributed by atoms with van der Waals surface area (Å²) in [6.45, 7) is 30.9. The molecule has 0 saturated heterocycles. The van der Waals surface area contributed by atoms with E-state index in [0.29, 0.717) is 48.7 Å². The quantitative estimate of drug-likeness (QED) is 0.0436. The molecule has 6 aromatic carbocycles. The number of anilines is 4. The molecule has 8 rings (SSSR count). The van der Waals surface area contributed by atoms with Crippen LogP contribution >= 0.6 is 0 Å². The summed E-state index contributed by atoms with van der Waals surface area (Å²) in [4.78, 5) is 68.6. The predicted molar refractivity (Wildman–Crippen MR) is 335 cm³/mol. The highest BCUT2D eigenvalue weighted by molar-refractivity contribution is 5.97. The van der Waals surface area contributed by atoms with Crippen molar-refractivity contribution >= 4 is 91.3 Å². The molecule has 0 bridgehead atoms. The summed E-state index contributed by atoms with van der Waals surface area (Å²) >= 11 is 0. The number of hydrogen-bond donors (Lipinski definition) is 2. The first-order chi connectivity index (χ1) is 39.4. The molecule has 16 nitrogen and oxygen atoms in total. The molecule has 0 spiro atoms. The number of aromatic nitrogens is 4. The Morgan fingerprint density at radius 3 is 1.26 bits per heavy atom. The van der Waals surface area contributed by atoms with Crippen LogP contribution in [0, 0.1) is 27.7 Å². The number of carbonyl (C=O) groups excluding carboxylic acids is 4. The molecule has 0 aliphatic carbocycles. The van der Waals surface area contributed by atoms with Crippen molar-refractivity contribution in [3.63, 3.8) is 0 Å². The number of amides is 4. The average Bonchev–Trinajstić information content (AvgIpc) is 1.08. The summed E-state index contributed by atoms with van der Waals surface area (Å²) in [5.74, 6) is 0. The van der Waals surface area contributed by atoms with E-state index in [0.717, 1.165) is 103 Å². The standard InChI is InChI=1S/C68H82N8O8/c1-43-37-52-57(40-50(43)71-61(77)81-65(5,6)7)75(47-29-23-21-24-30-47)59-42-56(45(3)39-54(59)70-52)74(64(80)84-68(14,15)16)36-28-20-18-17-19-27-35-73(63(79)83-67(11,12)13)55-34-33-49-60(46(55)4)76(48-31-25-22-26-32-48)58-41-51(44(2)38-53(58)69-49)72-62(78)82-66(8,9)10/h21-26,29-34,37-42H,17-20,27-28,35-36H2,1-16H3/p+2. The summed E-state index contributed by atoms with van der Waals surface area (Å²) < 4.78 is 27.7. The summed E-state index contributed by atoms with van der Waals surface area (Å²) in [5.41, 5.74) is 11.0. The fraction of sp³-hybridized carbons (Fsp3) is 0.412. The molecule has 0 atom stereocenters. The Hall–Kier alpha value is -8.40. The van der Waals surface area contributed by atoms with Gasteiger partial charge in [-0.05, 0) is 171 Å². The van der Waals surface area contributed by atoms with Crippen LogP contribution in [0.3, 0.4) is 0 Å². The highest BCUT2D eigenvalue weighted by atomic mass is 16.6. The third-order valence-electron chi connectivity index (χ3n) is 13.9. The van der Waals surface area contributed by atoms with Gasteiger partial charge in [0, 0.05) is 61.1 Å². The Morgan fingerprint density at radius 1 is 0.429 bits per heavy atom. The Kier molecular flexibility index (Phi) is 18.2. The minimum Gasteiger partial charge on any atom is -0.444 e. The summed E-state index contributed by atoms with van der Waals surface area (Å²) in [6.07, 6.45) is 2.96. The minimum absolute atomic E-state index is 0.415. The van der Waals surface area contributed by atoms with Gasteiger partial charge in [0.05, 0.1) is 22.7 Å². The number of ether oxygens (including phenoxy) is 4. The third-order valence-corrected chi connectivity index (χ3v) is 13.9. The molecule has 2 heterocycles. The third kappa shape index (κ3) is 15.2. The van der Waals surface area contributed by atoms with Gasteiger partial charge in [-0.15, -0.1) is 9.13 Å². The number of unbranched alkanes of at least 4 members (excludes halogenated alkanes) is 5. The van der Waals surface area contributed by atoms with Crippen LogP contribution in [0.1, 0.15) is 144 Å². The van der Waals surface area contributed by atoms with Crippen molar-refractivity contribution in [3.8, 4) is 11.4 Å². The van der Waals surface area contributed by atoms with E-state index in [2.05, 4.69) is 19.8 Å². The second-order valence-corrected chi connectivity index (χ2v) is 25.7. The van der Waals surface area contributed by atoms with Crippen molar-refractivity contribution in [1.82, 2.24) is 9.97 Å². The highest BCUT2D eigenvalue weighted by Crippen LogP contribution is 2.34. The summed E-state index contributed by atoms with van der Waals surface area (Å²) in [7, 11) is 0. The molecular formula is C68H84N8O8+2. The average molecular weight is 1140 g/mol. The van der Waals surface area contributed by atoms with Crippen molar-refractivity contribution in [2.24, 2.45) is 0 Å². The molecule has 442 valence electrons. The van der Waals surface area contributed by atoms with E-state index < -0.39 is 46.8 Å². The zero-order chi connectivity index (χ0) is 61.1. The molecule has 0 radical (unpaired) electrons. The first kappa shape index (κ1) is 61.7. The second kappa shape index (κ2) is 24.8. The number of carbonyl (C=O) groups is 4. The first-order valence-electron chi connectivity index (χ1n) is 29.2. The topological polar surface area (TPSA) is 169 Å². The lowest BCUT2D eigenvalue weighted by Crippen LogP contribution is -2.39. The fourth-order valence-corrected chi connectivity index (χ4v) is 10.3. The Balaban J connectivity index is 1.03. The van der Waals surface area contributed by atoms with Gasteiger partial charge in [-0.25, -0.2) is 29.1 Å². The maximum absolute atomic E-state index is 14.3. The normalized spacial score (nSPS) is 12.1. The molecule has 0 saturated carbocycles. The van der Waals surface area contributed by atoms with Crippen molar-refractivity contribution in [2.45, 2.75) is 172 Å². The first-order valence-corrected chi connectivity index (χ1v) is 29.2. The van der Waals surface area contributed by atoms with Crippen molar-refractivity contribution in [3.05, 3.63) is 131 Å². The van der Waals surface area contributed by atoms with Gasteiger partial charge < -0.3 is 18.9 Å². The largest absolute Gasteiger partial charge is 0.444 e. The molecule has 8 aromatic rings. The Bertz CT molecular complexity index is 3700. The van der Waals surface area contributed by atoms with Crippen LogP contribution < -0.4 is 29.6 Å². The van der Waals surface area contributed by atoms with Gasteiger partial charge in [-0.3, -0.25) is 20.4 Å². The number of rotatable bonds is 15. The smallest absolute Gasteiger partial charge is 0.414 e. The lowest BCUT2D eigenvalue weighted by molar-refractivity contribution is -0.538. The number of nitrogens with one attached hydrogen (secondary N) is 2. The van der Waals surface area contributed by atoms with Crippen LogP contribution in [0.2, 0.25) is 0 Å². The predicted octanol–water partition coefficient (Wildman–Crippen LogP) is 16.1. The zero-order valence-corrected chi connectivity index (χ0v) is 52.0. The van der Waals surface area contributed by atoms with Crippen LogP contribution in [0.25, 0.3) is 55.5 Å². The van der Waals surface area contributed by atoms with E-state index in [-0.39, 0.29) is 0 Å². The minimum atomic E-state index is -0.741. The summed E-state index contributed by atoms with van der Waals surface area (Å²) in [6, 6.07) is 35.7. The number of benzene rings is 6. The highest BCUT2D eigenvalue weighted by Gasteiger charge is 2.32. The van der Waals surface area contributed by atoms with Crippen LogP contribution in [-0.2, 0) is 18.9 Å². The van der Waals surface area contributed by atoms with Gasteiger partial charge in [-0.1, -0.05) is 62.1 Å². The summed E-state index contributed by atoms with van der Waals surface area (Å²) in [5, 5.41) is 5.91. The maximum Gasteiger partial charge on any atom is 0.414 e. The molecule has 0 unspecified atom stereocenters. The van der Waals surface area contributed by atoms with E-state index in [9.17, 15) is 19.2 Å². The molecule has 2 aromatic heterocycles. The molecule has 4 amide bonds. The van der Waals surface area contributed by atoms with Gasteiger partial charge in [0.15, 0.2) is 0 Å². The Morgan fingerprint density at radius 2 is 0.810 bits per heavy atom. The van der Waals surface area contributed by atoms with Crippen LogP contribution in [-0.4, -0.2) is 69.8 Å². The number of para-hydroxylation sites is 2. The fourth-order valence-electron chi connectivity index (χ4n) is 10.3. The van der Waals surface area contributed by atoms with Gasteiger partial charge >= 0.3 is 24.4 Å². The zero-order valence-electron chi connectivity index (χ0n) is 52.0. The lowest BCUT2D eigenvalue weighted by atomic mass is 10.1. The van der Waals surface area contributed by atoms with Gasteiger partial charge in [0.2, 0.25) is 33.4 Å². The Labute approximate surface area is 494 Å². The number of fused-ring (bicyclic) bond motifs is 4. The van der Waals surface area contributed by atoms with Crippen LogP contribution in [0.15, 0.2) is 109 Å². The van der Waals surface area contributed by atoms with Gasteiger partial charge in [-0.2, -0.15) is 0 Å². The molecule has 0 aliphatic rings. The SMILES string of the molecule is Cc1cc2nc3cc(C)c(N(CCCCCCCCN(C(=O)OC(C)(C)C)c4ccc5nc6cc(C)c(NC(=O)OC(C)(C)C)cc6[n+](-c6ccccc6)c5c4C)C(=O)OC(C)(C)C)cc3[n+](-c3ccccc3)c2cc1NC(=O)OC(C)(C)C. The van der Waals surface area contributed by atoms with E-state index in [1.54, 1.807) is 9.80 Å². The lowest BCUT2D eigenvalue weighted by Gasteiger charge is -2.29. The van der Waals surface area contributed by atoms with Crippen molar-refractivity contribution in [2.75, 3.05) is 33.5 Å². The van der Waals surface area contributed by atoms with Crippen LogP contribution in [0.4, 0.5) is 41.9 Å². The van der Waals surface area contributed by atoms with Crippen LogP contribution in [0.5, 0.6) is 0 Å². The van der Waals surface area contributed by atoms with Crippen molar-refractivity contribution < 1.29 is 47.3 Å². The molecule has 0 fully saturated rings. The molecule has 84 heavy (non-hydrogen) atoms. The van der Waals surface area contributed by atoms with E-state index in [1.807, 2.05) is 220 Å². The van der Waals surface area contributed by atoms with E-state index in [1.165, 1.54) is 0 Å². The van der Waals surface area contributed by atoms with Crippen molar-refractivity contribution in [1.29, 1.82) is 0 Å². The number of nitrogens with zero attached hydrogens (tertiary/aromatic N) is 6. The van der Waals surface area contributed by atoms with Gasteiger partial charge in [0.1, 0.15) is 44.5 Å². The van der Waals surface area contributed by atoms with E-state index >= 15 is 0 Å². The monoisotopic (exact) mass is 1140 g/mol. The van der Waals surface area contributed by atoms with E-state index in [4.69, 9.17) is 28.9 Å². The second-order valence-electron chi connectivity index (χ2n) is 25.7. The molecule has 2 N–H and O–H groups in total. The molecule has 16 heteroatoms. The number of hydrogen-bond acceptors (Lipinski definition) is 10.